The first kappa shape index (κ1) is 22.1. The number of hydrogen-bond acceptors (Lipinski definition) is 4. The van der Waals surface area contributed by atoms with Crippen LogP contribution in [0.3, 0.4) is 0 Å². The van der Waals surface area contributed by atoms with Gasteiger partial charge in [-0.3, -0.25) is 0 Å². The van der Waals surface area contributed by atoms with Crippen LogP contribution < -0.4 is 4.74 Å². The van der Waals surface area contributed by atoms with Gasteiger partial charge in [-0.05, 0) is 24.1 Å². The molecular formula is C27H20N2O3. The molecule has 0 amide bonds. The molecule has 0 aliphatic heterocycles. The first-order valence-electron chi connectivity index (χ1n) is 9.80. The molecule has 1 N–H and O–H groups in total. The normalized spacial score (nSPS) is 9.72. The van der Waals surface area contributed by atoms with E-state index in [1.807, 2.05) is 79.7 Å². The van der Waals surface area contributed by atoms with Crippen LogP contribution in [0.2, 0.25) is 0 Å². The van der Waals surface area contributed by atoms with Gasteiger partial charge in [-0.25, -0.2) is 9.78 Å². The second-order valence-corrected chi connectivity index (χ2v) is 6.81. The van der Waals surface area contributed by atoms with Crippen molar-refractivity contribution in [1.29, 1.82) is 5.26 Å². The van der Waals surface area contributed by atoms with Gasteiger partial charge in [0.1, 0.15) is 24.0 Å². The molecule has 32 heavy (non-hydrogen) atoms. The Morgan fingerprint density at radius 1 is 1.03 bits per heavy atom. The Morgan fingerprint density at radius 3 is 2.16 bits per heavy atom. The van der Waals surface area contributed by atoms with Crippen molar-refractivity contribution in [3.05, 3.63) is 107 Å². The summed E-state index contributed by atoms with van der Waals surface area (Å²) in [6, 6.07) is 26.8. The standard InChI is InChI=1S/C21H14N2O3.C6H6/c1-3-16-19(21(24)25)23-18-15(11-22)10-9-13(2)17(18)20(16)26-12-14-7-5-4-6-8-14;1-2-4-6-5-3-1/h1,4-10H,12H2,2H3,(H,24,25);1-6H. The largest absolute Gasteiger partial charge is 0.487 e. The molecule has 5 heteroatoms. The van der Waals surface area contributed by atoms with Gasteiger partial charge in [0.2, 0.25) is 0 Å². The molecule has 0 unspecified atom stereocenters. The van der Waals surface area contributed by atoms with Crippen LogP contribution in [0.4, 0.5) is 0 Å². The highest BCUT2D eigenvalue weighted by Crippen LogP contribution is 2.35. The number of rotatable bonds is 4. The summed E-state index contributed by atoms with van der Waals surface area (Å²) in [4.78, 5) is 15.8. The van der Waals surface area contributed by atoms with E-state index < -0.39 is 5.97 Å². The fourth-order valence-corrected chi connectivity index (χ4v) is 3.13. The number of nitriles is 1. The predicted octanol–water partition coefficient (Wildman–Crippen LogP) is 5.36. The third kappa shape index (κ3) is 4.92. The van der Waals surface area contributed by atoms with Crippen LogP contribution in [-0.2, 0) is 6.61 Å². The summed E-state index contributed by atoms with van der Waals surface area (Å²) in [5, 5.41) is 19.4. The summed E-state index contributed by atoms with van der Waals surface area (Å²) in [7, 11) is 0. The zero-order valence-electron chi connectivity index (χ0n) is 17.4. The maximum absolute atomic E-state index is 11.6. The van der Waals surface area contributed by atoms with Gasteiger partial charge >= 0.3 is 5.97 Å². The van der Waals surface area contributed by atoms with Gasteiger partial charge in [0.25, 0.3) is 0 Å². The number of carboxylic acid groups (broad SMARTS) is 1. The lowest BCUT2D eigenvalue weighted by molar-refractivity contribution is 0.0690. The fraction of sp³-hybridized carbons (Fsp3) is 0.0741. The third-order valence-electron chi connectivity index (χ3n) is 4.66. The molecule has 0 atom stereocenters. The Labute approximate surface area is 186 Å². The average molecular weight is 420 g/mol. The lowest BCUT2D eigenvalue weighted by Gasteiger charge is -2.15. The molecule has 3 aromatic carbocycles. The Balaban J connectivity index is 0.000000416. The molecule has 0 aliphatic rings. The second kappa shape index (κ2) is 10.4. The van der Waals surface area contributed by atoms with Gasteiger partial charge in [0, 0.05) is 5.39 Å². The minimum atomic E-state index is -1.27. The summed E-state index contributed by atoms with van der Waals surface area (Å²) in [5.74, 6) is 1.38. The molecule has 156 valence electrons. The van der Waals surface area contributed by atoms with Crippen molar-refractivity contribution in [3.8, 4) is 24.2 Å². The van der Waals surface area contributed by atoms with Crippen LogP contribution in [0.25, 0.3) is 10.9 Å². The SMILES string of the molecule is C#Cc1c(C(=O)O)nc2c(C#N)ccc(C)c2c1OCc1ccccc1.c1ccccc1. The quantitative estimate of drug-likeness (QED) is 0.449. The van der Waals surface area contributed by atoms with Crippen LogP contribution in [-0.4, -0.2) is 16.1 Å². The highest BCUT2D eigenvalue weighted by atomic mass is 16.5. The zero-order chi connectivity index (χ0) is 22.9. The lowest BCUT2D eigenvalue weighted by Crippen LogP contribution is -2.09. The number of aromatic nitrogens is 1. The van der Waals surface area contributed by atoms with Crippen molar-refractivity contribution < 1.29 is 14.6 Å². The first-order chi connectivity index (χ1) is 15.6. The van der Waals surface area contributed by atoms with E-state index in [-0.39, 0.29) is 34.7 Å². The number of ether oxygens (including phenoxy) is 1. The number of carbonyl (C=O) groups is 1. The third-order valence-corrected chi connectivity index (χ3v) is 4.66. The molecule has 5 nitrogen and oxygen atoms in total. The number of fused-ring (bicyclic) bond motifs is 1. The summed E-state index contributed by atoms with van der Waals surface area (Å²) in [5.41, 5.74) is 2.01. The molecule has 1 heterocycles. The van der Waals surface area contributed by atoms with E-state index in [2.05, 4.69) is 10.9 Å². The minimum Gasteiger partial charge on any atom is -0.487 e. The minimum absolute atomic E-state index is 0.0686. The maximum Gasteiger partial charge on any atom is 0.355 e. The highest BCUT2D eigenvalue weighted by molar-refractivity contribution is 6.00. The number of terminal acetylenes is 1. The van der Waals surface area contributed by atoms with E-state index in [4.69, 9.17) is 11.2 Å². The van der Waals surface area contributed by atoms with E-state index >= 15 is 0 Å². The van der Waals surface area contributed by atoms with Crippen LogP contribution in [0.1, 0.15) is 32.7 Å². The van der Waals surface area contributed by atoms with Gasteiger partial charge in [-0.1, -0.05) is 78.7 Å². The Bertz CT molecular complexity index is 1290. The van der Waals surface area contributed by atoms with Crippen molar-refractivity contribution >= 4 is 16.9 Å². The fourth-order valence-electron chi connectivity index (χ4n) is 3.13. The molecule has 0 saturated heterocycles. The number of hydrogen-bond donors (Lipinski definition) is 1. The molecule has 1 aromatic heterocycles. The average Bonchev–Trinajstić information content (AvgIpc) is 2.84. The smallest absolute Gasteiger partial charge is 0.355 e. The Hall–Kier alpha value is -4.61. The predicted molar refractivity (Wildman–Crippen MR) is 123 cm³/mol. The molecule has 0 bridgehead atoms. The molecule has 0 spiro atoms. The first-order valence-corrected chi connectivity index (χ1v) is 9.80. The van der Waals surface area contributed by atoms with Gasteiger partial charge < -0.3 is 9.84 Å². The number of carboxylic acids is 1. The molecule has 0 aliphatic carbocycles. The van der Waals surface area contributed by atoms with Crippen LogP contribution in [0, 0.1) is 30.6 Å². The van der Waals surface area contributed by atoms with Crippen molar-refractivity contribution in [2.75, 3.05) is 0 Å². The van der Waals surface area contributed by atoms with Crippen molar-refractivity contribution in [1.82, 2.24) is 4.98 Å². The van der Waals surface area contributed by atoms with Gasteiger partial charge in [0.15, 0.2) is 5.69 Å². The number of aryl methyl sites for hydroxylation is 1. The van der Waals surface area contributed by atoms with E-state index in [9.17, 15) is 15.2 Å². The van der Waals surface area contributed by atoms with Crippen LogP contribution in [0.15, 0.2) is 78.9 Å². The van der Waals surface area contributed by atoms with E-state index in [0.717, 1.165) is 11.1 Å². The summed E-state index contributed by atoms with van der Waals surface area (Å²) in [6.07, 6.45) is 5.57. The number of benzene rings is 3. The maximum atomic E-state index is 11.6. The molecule has 0 fully saturated rings. The van der Waals surface area contributed by atoms with E-state index in [0.29, 0.717) is 5.39 Å². The lowest BCUT2D eigenvalue weighted by atomic mass is 10.0. The van der Waals surface area contributed by atoms with Crippen molar-refractivity contribution in [2.24, 2.45) is 0 Å². The highest BCUT2D eigenvalue weighted by Gasteiger charge is 2.22. The van der Waals surface area contributed by atoms with Crippen molar-refractivity contribution in [3.63, 3.8) is 0 Å². The summed E-state index contributed by atoms with van der Waals surface area (Å²) < 4.78 is 5.94. The Kier molecular flexibility index (Phi) is 7.20. The topological polar surface area (TPSA) is 83.2 Å². The van der Waals surface area contributed by atoms with E-state index in [1.165, 1.54) is 0 Å². The number of pyridine rings is 1. The monoisotopic (exact) mass is 420 g/mol. The van der Waals surface area contributed by atoms with Gasteiger partial charge in [-0.15, -0.1) is 6.42 Å². The summed E-state index contributed by atoms with van der Waals surface area (Å²) in [6.45, 7) is 2.05. The molecular weight excluding hydrogens is 400 g/mol. The number of aromatic carboxylic acids is 1. The van der Waals surface area contributed by atoms with Crippen LogP contribution >= 0.6 is 0 Å². The van der Waals surface area contributed by atoms with Gasteiger partial charge in [-0.2, -0.15) is 5.26 Å². The number of nitrogens with zero attached hydrogens (tertiary/aromatic N) is 2. The van der Waals surface area contributed by atoms with E-state index in [1.54, 1.807) is 12.1 Å². The zero-order valence-corrected chi connectivity index (χ0v) is 17.4. The van der Waals surface area contributed by atoms with Gasteiger partial charge in [0.05, 0.1) is 11.1 Å². The second-order valence-electron chi connectivity index (χ2n) is 6.81. The Morgan fingerprint density at radius 2 is 1.62 bits per heavy atom. The molecule has 0 radical (unpaired) electrons. The summed E-state index contributed by atoms with van der Waals surface area (Å²) >= 11 is 0. The van der Waals surface area contributed by atoms with Crippen molar-refractivity contribution in [2.45, 2.75) is 13.5 Å². The molecule has 4 rings (SSSR count). The molecule has 4 aromatic rings. The molecule has 0 saturated carbocycles. The van der Waals surface area contributed by atoms with Crippen LogP contribution in [0.5, 0.6) is 5.75 Å².